The number of carbonyl (C=O) groups is 1. The highest BCUT2D eigenvalue weighted by Crippen LogP contribution is 2.23. The zero-order valence-electron chi connectivity index (χ0n) is 11.8. The van der Waals surface area contributed by atoms with E-state index >= 15 is 0 Å². The molecular weight excluding hydrogens is 254 g/mol. The normalized spacial score (nSPS) is 16.2. The van der Waals surface area contributed by atoms with Gasteiger partial charge in [0.15, 0.2) is 5.82 Å². The van der Waals surface area contributed by atoms with Gasteiger partial charge < -0.3 is 19.5 Å². The molecule has 0 atom stereocenters. The first-order valence-corrected chi connectivity index (χ1v) is 6.80. The second kappa shape index (κ2) is 5.13. The highest BCUT2D eigenvalue weighted by molar-refractivity contribution is 5.82. The van der Waals surface area contributed by atoms with Crippen molar-refractivity contribution < 1.29 is 4.79 Å². The van der Waals surface area contributed by atoms with Crippen molar-refractivity contribution in [1.29, 1.82) is 0 Å². The summed E-state index contributed by atoms with van der Waals surface area (Å²) in [7, 11) is 3.76. The molecule has 20 heavy (non-hydrogen) atoms. The van der Waals surface area contributed by atoms with E-state index in [9.17, 15) is 4.79 Å². The van der Waals surface area contributed by atoms with E-state index in [0.717, 1.165) is 36.8 Å². The second-order valence-electron chi connectivity index (χ2n) is 5.08. The van der Waals surface area contributed by atoms with Crippen LogP contribution < -0.4 is 10.2 Å². The van der Waals surface area contributed by atoms with E-state index in [1.165, 1.54) is 0 Å². The van der Waals surface area contributed by atoms with Gasteiger partial charge in [0, 0.05) is 32.9 Å². The number of fused-ring (bicyclic) bond motifs is 1. The van der Waals surface area contributed by atoms with E-state index in [0.29, 0.717) is 6.54 Å². The van der Waals surface area contributed by atoms with E-state index < -0.39 is 0 Å². The Bertz CT molecular complexity index is 636. The van der Waals surface area contributed by atoms with Crippen LogP contribution in [0.2, 0.25) is 0 Å². The summed E-state index contributed by atoms with van der Waals surface area (Å²) in [6, 6.07) is 5.96. The number of likely N-dealkylation sites (N-methyl/N-ethyl adjacent to an activating group) is 1. The Hall–Kier alpha value is -2.08. The summed E-state index contributed by atoms with van der Waals surface area (Å²) < 4.78 is 2.08. The van der Waals surface area contributed by atoms with Gasteiger partial charge in [-0.25, -0.2) is 4.98 Å². The Morgan fingerprint density at radius 3 is 2.95 bits per heavy atom. The molecule has 3 heterocycles. The van der Waals surface area contributed by atoms with Crippen molar-refractivity contribution in [3.8, 4) is 0 Å². The molecule has 1 N–H and O–H groups in total. The van der Waals surface area contributed by atoms with E-state index in [1.54, 1.807) is 4.90 Å². The van der Waals surface area contributed by atoms with Gasteiger partial charge >= 0.3 is 0 Å². The summed E-state index contributed by atoms with van der Waals surface area (Å²) in [5.74, 6) is 1.05. The lowest BCUT2D eigenvalue weighted by atomic mass is 10.3. The molecule has 0 bridgehead atoms. The average Bonchev–Trinajstić information content (AvgIpc) is 2.82. The lowest BCUT2D eigenvalue weighted by Crippen LogP contribution is -2.49. The van der Waals surface area contributed by atoms with Gasteiger partial charge in [-0.05, 0) is 19.2 Å². The van der Waals surface area contributed by atoms with Crippen molar-refractivity contribution in [2.45, 2.75) is 6.54 Å². The van der Waals surface area contributed by atoms with Gasteiger partial charge in [-0.15, -0.1) is 0 Å². The molecule has 0 radical (unpaired) electrons. The topological polar surface area (TPSA) is 52.9 Å². The van der Waals surface area contributed by atoms with Crippen molar-refractivity contribution >= 4 is 17.4 Å². The fourth-order valence-corrected chi connectivity index (χ4v) is 2.56. The van der Waals surface area contributed by atoms with Crippen LogP contribution in [0.1, 0.15) is 5.69 Å². The smallest absolute Gasteiger partial charge is 0.241 e. The highest BCUT2D eigenvalue weighted by Gasteiger charge is 2.25. The van der Waals surface area contributed by atoms with Gasteiger partial charge in [0.2, 0.25) is 5.91 Å². The molecule has 2 aromatic heterocycles. The van der Waals surface area contributed by atoms with Gasteiger partial charge in [0.1, 0.15) is 5.65 Å². The Labute approximate surface area is 118 Å². The molecule has 6 heteroatoms. The summed E-state index contributed by atoms with van der Waals surface area (Å²) in [4.78, 5) is 20.4. The van der Waals surface area contributed by atoms with Crippen LogP contribution in [0, 0.1) is 0 Å². The van der Waals surface area contributed by atoms with Gasteiger partial charge in [-0.1, -0.05) is 6.07 Å². The first kappa shape index (κ1) is 12.9. The third kappa shape index (κ3) is 2.12. The molecule has 0 saturated carbocycles. The van der Waals surface area contributed by atoms with Crippen LogP contribution in [0.3, 0.4) is 0 Å². The van der Waals surface area contributed by atoms with Crippen LogP contribution in [0.5, 0.6) is 0 Å². The predicted molar refractivity (Wildman–Crippen MR) is 77.8 cm³/mol. The zero-order valence-corrected chi connectivity index (χ0v) is 11.8. The molecule has 3 rings (SSSR count). The fraction of sp³-hybridized carbons (Fsp3) is 0.429. The SMILES string of the molecule is CNCc1c(N2CCN(C)C(=O)C2)nc2ccccn12. The molecule has 1 fully saturated rings. The van der Waals surface area contributed by atoms with Gasteiger partial charge in [0.25, 0.3) is 0 Å². The maximum Gasteiger partial charge on any atom is 0.241 e. The number of aromatic nitrogens is 2. The maximum absolute atomic E-state index is 11.9. The quantitative estimate of drug-likeness (QED) is 0.876. The van der Waals surface area contributed by atoms with E-state index in [2.05, 4.69) is 14.6 Å². The van der Waals surface area contributed by atoms with Crippen molar-refractivity contribution in [3.63, 3.8) is 0 Å². The standard InChI is InChI=1S/C14H19N5O/c1-15-9-11-14(16-12-5-3-4-6-19(11)12)18-8-7-17(2)13(20)10-18/h3-6,15H,7-10H2,1-2H3. The first-order valence-electron chi connectivity index (χ1n) is 6.80. The second-order valence-corrected chi connectivity index (χ2v) is 5.08. The fourth-order valence-electron chi connectivity index (χ4n) is 2.56. The van der Waals surface area contributed by atoms with Crippen LogP contribution in [-0.4, -0.2) is 53.9 Å². The number of piperazine rings is 1. The van der Waals surface area contributed by atoms with Crippen molar-refractivity contribution in [3.05, 3.63) is 30.1 Å². The van der Waals surface area contributed by atoms with Crippen molar-refractivity contribution in [2.24, 2.45) is 0 Å². The molecule has 2 aromatic rings. The maximum atomic E-state index is 11.9. The molecule has 1 amide bonds. The Balaban J connectivity index is 2.02. The van der Waals surface area contributed by atoms with Crippen molar-refractivity contribution in [2.75, 3.05) is 38.6 Å². The lowest BCUT2D eigenvalue weighted by molar-refractivity contribution is -0.129. The Morgan fingerprint density at radius 1 is 1.35 bits per heavy atom. The van der Waals surface area contributed by atoms with E-state index in [1.807, 2.05) is 38.5 Å². The zero-order chi connectivity index (χ0) is 14.1. The third-order valence-electron chi connectivity index (χ3n) is 3.71. The number of hydrogen-bond donors (Lipinski definition) is 1. The molecule has 0 spiro atoms. The number of amides is 1. The predicted octanol–water partition coefficient (Wildman–Crippen LogP) is 0.332. The summed E-state index contributed by atoms with van der Waals surface area (Å²) in [5, 5.41) is 3.18. The molecule has 1 aliphatic rings. The largest absolute Gasteiger partial charge is 0.344 e. The Kier molecular flexibility index (Phi) is 3.31. The Morgan fingerprint density at radius 2 is 2.20 bits per heavy atom. The molecule has 1 aliphatic heterocycles. The highest BCUT2D eigenvalue weighted by atomic mass is 16.2. The molecule has 106 valence electrons. The van der Waals surface area contributed by atoms with Gasteiger partial charge in [-0.3, -0.25) is 4.79 Å². The van der Waals surface area contributed by atoms with Crippen LogP contribution >= 0.6 is 0 Å². The number of hydrogen-bond acceptors (Lipinski definition) is 4. The van der Waals surface area contributed by atoms with Crippen LogP contribution in [-0.2, 0) is 11.3 Å². The molecule has 0 aliphatic carbocycles. The molecular formula is C14H19N5O. The van der Waals surface area contributed by atoms with Crippen LogP contribution in [0.15, 0.2) is 24.4 Å². The summed E-state index contributed by atoms with van der Waals surface area (Å²) in [6.45, 7) is 2.69. The number of pyridine rings is 1. The van der Waals surface area contributed by atoms with Crippen LogP contribution in [0.25, 0.3) is 5.65 Å². The van der Waals surface area contributed by atoms with Crippen LogP contribution in [0.4, 0.5) is 5.82 Å². The minimum Gasteiger partial charge on any atom is -0.344 e. The number of imidazole rings is 1. The molecule has 6 nitrogen and oxygen atoms in total. The number of carbonyl (C=O) groups excluding carboxylic acids is 1. The number of nitrogens with one attached hydrogen (secondary N) is 1. The minimum atomic E-state index is 0.142. The number of nitrogens with zero attached hydrogens (tertiary/aromatic N) is 4. The minimum absolute atomic E-state index is 0.142. The monoisotopic (exact) mass is 273 g/mol. The van der Waals surface area contributed by atoms with E-state index in [4.69, 9.17) is 4.98 Å². The average molecular weight is 273 g/mol. The molecule has 0 aromatic carbocycles. The van der Waals surface area contributed by atoms with Gasteiger partial charge in [-0.2, -0.15) is 0 Å². The third-order valence-corrected chi connectivity index (χ3v) is 3.71. The van der Waals surface area contributed by atoms with Crippen molar-refractivity contribution in [1.82, 2.24) is 19.6 Å². The number of rotatable bonds is 3. The summed E-state index contributed by atoms with van der Waals surface area (Å²) in [6.07, 6.45) is 2.01. The molecule has 1 saturated heterocycles. The summed E-state index contributed by atoms with van der Waals surface area (Å²) >= 11 is 0. The lowest BCUT2D eigenvalue weighted by Gasteiger charge is -2.32. The molecule has 0 unspecified atom stereocenters. The first-order chi connectivity index (χ1) is 9.70. The van der Waals surface area contributed by atoms with Gasteiger partial charge in [0.05, 0.1) is 12.2 Å². The van der Waals surface area contributed by atoms with E-state index in [-0.39, 0.29) is 5.91 Å². The summed E-state index contributed by atoms with van der Waals surface area (Å²) in [5.41, 5.74) is 2.01. The number of anilines is 1.